The zero-order valence-corrected chi connectivity index (χ0v) is 16.8. The first-order valence-corrected chi connectivity index (χ1v) is 9.70. The van der Waals surface area contributed by atoms with Crippen molar-refractivity contribution < 1.29 is 13.9 Å². The van der Waals surface area contributed by atoms with E-state index in [1.54, 1.807) is 43.5 Å². The van der Waals surface area contributed by atoms with Gasteiger partial charge in [0.1, 0.15) is 17.4 Å². The summed E-state index contributed by atoms with van der Waals surface area (Å²) in [4.78, 5) is 17.4. The van der Waals surface area contributed by atoms with Gasteiger partial charge in [-0.3, -0.25) is 4.79 Å². The van der Waals surface area contributed by atoms with E-state index in [4.69, 9.17) is 9.72 Å². The Morgan fingerprint density at radius 1 is 1.07 bits per heavy atom. The molecule has 1 atom stereocenters. The van der Waals surface area contributed by atoms with Crippen LogP contribution in [0.2, 0.25) is 0 Å². The summed E-state index contributed by atoms with van der Waals surface area (Å²) in [5.74, 6) is 0.874. The number of halogens is 1. The maximum Gasteiger partial charge on any atom is 0.251 e. The van der Waals surface area contributed by atoms with Gasteiger partial charge in [0, 0.05) is 11.1 Å². The Kier molecular flexibility index (Phi) is 5.48. The first-order valence-electron chi connectivity index (χ1n) is 9.70. The number of hydrogen-bond donors (Lipinski definition) is 1. The summed E-state index contributed by atoms with van der Waals surface area (Å²) in [5, 5.41) is 2.99. The van der Waals surface area contributed by atoms with Gasteiger partial charge in [0.15, 0.2) is 0 Å². The highest BCUT2D eigenvalue weighted by Gasteiger charge is 2.20. The standard InChI is InChI=1S/C24H22FN3O2/c1-16(26-24(29)17-11-13-19(30-2)14-12-17)23-27-21-9-5-6-10-22(21)28(23)15-18-7-3-4-8-20(18)25/h3-14,16H,15H2,1-2H3,(H,26,29)/t16-/m1/s1. The Bertz CT molecular complexity index is 1180. The van der Waals surface area contributed by atoms with Gasteiger partial charge in [-0.05, 0) is 49.4 Å². The summed E-state index contributed by atoms with van der Waals surface area (Å²) in [7, 11) is 1.58. The summed E-state index contributed by atoms with van der Waals surface area (Å²) in [6.45, 7) is 2.20. The van der Waals surface area contributed by atoms with E-state index < -0.39 is 0 Å². The Labute approximate surface area is 174 Å². The van der Waals surface area contributed by atoms with Crippen molar-refractivity contribution in [2.24, 2.45) is 0 Å². The van der Waals surface area contributed by atoms with Crippen LogP contribution < -0.4 is 10.1 Å². The van der Waals surface area contributed by atoms with Gasteiger partial charge in [0.05, 0.1) is 30.7 Å². The van der Waals surface area contributed by atoms with Crippen LogP contribution in [0.15, 0.2) is 72.8 Å². The molecule has 1 N–H and O–H groups in total. The normalized spacial score (nSPS) is 12.0. The lowest BCUT2D eigenvalue weighted by atomic mass is 10.1. The molecule has 0 spiro atoms. The highest BCUT2D eigenvalue weighted by atomic mass is 19.1. The molecular formula is C24H22FN3O2. The van der Waals surface area contributed by atoms with Gasteiger partial charge >= 0.3 is 0 Å². The number of nitrogens with zero attached hydrogens (tertiary/aromatic N) is 2. The van der Waals surface area contributed by atoms with E-state index in [9.17, 15) is 9.18 Å². The Balaban J connectivity index is 1.65. The molecule has 152 valence electrons. The third-order valence-corrected chi connectivity index (χ3v) is 5.06. The monoisotopic (exact) mass is 403 g/mol. The average Bonchev–Trinajstić information content (AvgIpc) is 3.14. The summed E-state index contributed by atoms with van der Waals surface area (Å²) in [6, 6.07) is 20.9. The maximum absolute atomic E-state index is 14.3. The van der Waals surface area contributed by atoms with Crippen molar-refractivity contribution in [1.82, 2.24) is 14.9 Å². The lowest BCUT2D eigenvalue weighted by Crippen LogP contribution is -2.28. The van der Waals surface area contributed by atoms with Gasteiger partial charge in [-0.2, -0.15) is 0 Å². The molecule has 0 fully saturated rings. The molecule has 0 aliphatic carbocycles. The van der Waals surface area contributed by atoms with Crippen molar-refractivity contribution in [3.63, 3.8) is 0 Å². The molecule has 0 aliphatic rings. The van der Waals surface area contributed by atoms with Gasteiger partial charge < -0.3 is 14.6 Å². The molecule has 0 saturated carbocycles. The van der Waals surface area contributed by atoms with Crippen molar-refractivity contribution in [3.8, 4) is 5.75 Å². The lowest BCUT2D eigenvalue weighted by molar-refractivity contribution is 0.0937. The van der Waals surface area contributed by atoms with Gasteiger partial charge in [0.2, 0.25) is 0 Å². The summed E-state index contributed by atoms with van der Waals surface area (Å²) < 4.78 is 21.4. The molecule has 0 saturated heterocycles. The van der Waals surface area contributed by atoms with Crippen LogP contribution in [0, 0.1) is 5.82 Å². The second-order valence-corrected chi connectivity index (χ2v) is 7.06. The molecule has 30 heavy (non-hydrogen) atoms. The highest BCUT2D eigenvalue weighted by Crippen LogP contribution is 2.23. The number of imidazole rings is 1. The third kappa shape index (κ3) is 3.89. The number of hydrogen-bond acceptors (Lipinski definition) is 3. The molecule has 0 radical (unpaired) electrons. The van der Waals surface area contributed by atoms with Gasteiger partial charge in [-0.1, -0.05) is 30.3 Å². The quantitative estimate of drug-likeness (QED) is 0.507. The van der Waals surface area contributed by atoms with Crippen LogP contribution in [0.1, 0.15) is 34.7 Å². The van der Waals surface area contributed by atoms with E-state index in [1.165, 1.54) is 6.07 Å². The molecular weight excluding hydrogens is 381 g/mol. The van der Waals surface area contributed by atoms with Crippen LogP contribution >= 0.6 is 0 Å². The molecule has 1 heterocycles. The summed E-state index contributed by atoms with van der Waals surface area (Å²) >= 11 is 0. The maximum atomic E-state index is 14.3. The van der Waals surface area contributed by atoms with E-state index in [0.29, 0.717) is 29.2 Å². The zero-order valence-electron chi connectivity index (χ0n) is 16.8. The molecule has 0 bridgehead atoms. The fraction of sp³-hybridized carbons (Fsp3) is 0.167. The molecule has 0 unspecified atom stereocenters. The minimum Gasteiger partial charge on any atom is -0.497 e. The summed E-state index contributed by atoms with van der Waals surface area (Å²) in [5.41, 5.74) is 2.78. The van der Waals surface area contributed by atoms with Crippen LogP contribution in [0.3, 0.4) is 0 Å². The smallest absolute Gasteiger partial charge is 0.251 e. The number of nitrogens with one attached hydrogen (secondary N) is 1. The van der Waals surface area contributed by atoms with Crippen molar-refractivity contribution >= 4 is 16.9 Å². The first kappa shape index (κ1) is 19.6. The SMILES string of the molecule is COc1ccc(C(=O)N[C@H](C)c2nc3ccccc3n2Cc2ccccc2F)cc1. The summed E-state index contributed by atoms with van der Waals surface area (Å²) in [6.07, 6.45) is 0. The number of ether oxygens (including phenoxy) is 1. The van der Waals surface area contributed by atoms with E-state index in [-0.39, 0.29) is 17.8 Å². The number of rotatable bonds is 6. The van der Waals surface area contributed by atoms with Crippen molar-refractivity contribution in [3.05, 3.63) is 95.6 Å². The Morgan fingerprint density at radius 2 is 1.77 bits per heavy atom. The van der Waals surface area contributed by atoms with Gasteiger partial charge in [-0.25, -0.2) is 9.37 Å². The van der Waals surface area contributed by atoms with Crippen LogP contribution in [0.5, 0.6) is 5.75 Å². The zero-order chi connectivity index (χ0) is 21.1. The van der Waals surface area contributed by atoms with E-state index in [2.05, 4.69) is 5.32 Å². The molecule has 4 aromatic rings. The molecule has 6 heteroatoms. The van der Waals surface area contributed by atoms with Crippen molar-refractivity contribution in [1.29, 1.82) is 0 Å². The second kappa shape index (κ2) is 8.37. The first-order chi connectivity index (χ1) is 14.6. The second-order valence-electron chi connectivity index (χ2n) is 7.06. The Morgan fingerprint density at radius 3 is 2.50 bits per heavy atom. The molecule has 4 rings (SSSR count). The predicted molar refractivity (Wildman–Crippen MR) is 114 cm³/mol. The third-order valence-electron chi connectivity index (χ3n) is 5.06. The number of para-hydroxylation sites is 2. The topological polar surface area (TPSA) is 56.1 Å². The number of carbonyl (C=O) groups excluding carboxylic acids is 1. The highest BCUT2D eigenvalue weighted by molar-refractivity contribution is 5.94. The Hall–Kier alpha value is -3.67. The number of aromatic nitrogens is 2. The van der Waals surface area contributed by atoms with Crippen molar-refractivity contribution in [2.75, 3.05) is 7.11 Å². The molecule has 3 aromatic carbocycles. The number of amides is 1. The largest absolute Gasteiger partial charge is 0.497 e. The predicted octanol–water partition coefficient (Wildman–Crippen LogP) is 4.72. The fourth-order valence-corrected chi connectivity index (χ4v) is 3.47. The number of carbonyl (C=O) groups is 1. The molecule has 1 aromatic heterocycles. The fourth-order valence-electron chi connectivity index (χ4n) is 3.47. The van der Waals surface area contributed by atoms with Crippen molar-refractivity contribution in [2.45, 2.75) is 19.5 Å². The van der Waals surface area contributed by atoms with E-state index >= 15 is 0 Å². The number of benzene rings is 3. The van der Waals surface area contributed by atoms with E-state index in [0.717, 1.165) is 11.0 Å². The minimum atomic E-state index is -0.376. The lowest BCUT2D eigenvalue weighted by Gasteiger charge is -2.17. The van der Waals surface area contributed by atoms with Crippen LogP contribution in [0.4, 0.5) is 4.39 Å². The minimum absolute atomic E-state index is 0.213. The average molecular weight is 403 g/mol. The van der Waals surface area contributed by atoms with Crippen LogP contribution in [-0.4, -0.2) is 22.6 Å². The van der Waals surface area contributed by atoms with Gasteiger partial charge in [0.25, 0.3) is 5.91 Å². The molecule has 5 nitrogen and oxygen atoms in total. The van der Waals surface area contributed by atoms with Crippen LogP contribution in [-0.2, 0) is 6.54 Å². The van der Waals surface area contributed by atoms with Gasteiger partial charge in [-0.15, -0.1) is 0 Å². The van der Waals surface area contributed by atoms with Crippen LogP contribution in [0.25, 0.3) is 11.0 Å². The number of fused-ring (bicyclic) bond motifs is 1. The molecule has 0 aliphatic heterocycles. The number of methoxy groups -OCH3 is 1. The molecule has 1 amide bonds. The van der Waals surface area contributed by atoms with E-state index in [1.807, 2.05) is 41.8 Å².